The molecule has 0 spiro atoms. The number of benzene rings is 2. The largest absolute Gasteiger partial charge is 0.495 e. The van der Waals surface area contributed by atoms with Crippen molar-refractivity contribution < 1.29 is 19.2 Å². The van der Waals surface area contributed by atoms with Crippen molar-refractivity contribution in [3.05, 3.63) is 63.7 Å². The molecule has 0 atom stereocenters. The lowest BCUT2D eigenvalue weighted by Gasteiger charge is -2.26. The molecule has 1 N–H and O–H groups in total. The summed E-state index contributed by atoms with van der Waals surface area (Å²) in [4.78, 5) is 25.2. The molecule has 1 aliphatic rings. The van der Waals surface area contributed by atoms with Gasteiger partial charge in [-0.05, 0) is 23.8 Å². The maximum Gasteiger partial charge on any atom is 0.271 e. The molecule has 2 aromatic rings. The number of hydrogen-bond acceptors (Lipinski definition) is 6. The van der Waals surface area contributed by atoms with Gasteiger partial charge < -0.3 is 14.8 Å². The highest BCUT2D eigenvalue weighted by Gasteiger charge is 2.15. The van der Waals surface area contributed by atoms with E-state index in [2.05, 4.69) is 10.2 Å². The third-order valence-corrected chi connectivity index (χ3v) is 4.37. The number of non-ortho nitro benzene ring substituents is 1. The fraction of sp³-hybridized carbons (Fsp3) is 0.316. The smallest absolute Gasteiger partial charge is 0.271 e. The number of rotatable bonds is 6. The normalized spacial score (nSPS) is 14.6. The lowest BCUT2D eigenvalue weighted by atomic mass is 10.1. The van der Waals surface area contributed by atoms with Crippen molar-refractivity contribution in [3.63, 3.8) is 0 Å². The van der Waals surface area contributed by atoms with Gasteiger partial charge in [-0.3, -0.25) is 19.8 Å². The maximum absolute atomic E-state index is 12.5. The first-order valence-corrected chi connectivity index (χ1v) is 8.59. The van der Waals surface area contributed by atoms with Gasteiger partial charge in [0, 0.05) is 37.3 Å². The van der Waals surface area contributed by atoms with Gasteiger partial charge in [-0.1, -0.05) is 12.1 Å². The van der Waals surface area contributed by atoms with E-state index in [1.807, 2.05) is 12.1 Å². The molecule has 142 valence electrons. The molecule has 27 heavy (non-hydrogen) atoms. The van der Waals surface area contributed by atoms with E-state index in [4.69, 9.17) is 9.47 Å². The number of carbonyl (C=O) groups excluding carboxylic acids is 1. The lowest BCUT2D eigenvalue weighted by molar-refractivity contribution is -0.384. The Morgan fingerprint density at radius 2 is 1.93 bits per heavy atom. The molecule has 1 amide bonds. The van der Waals surface area contributed by atoms with Crippen LogP contribution in [-0.2, 0) is 11.3 Å². The summed E-state index contributed by atoms with van der Waals surface area (Å²) in [6, 6.07) is 11.4. The third-order valence-electron chi connectivity index (χ3n) is 4.37. The zero-order valence-corrected chi connectivity index (χ0v) is 15.0. The van der Waals surface area contributed by atoms with Gasteiger partial charge in [-0.2, -0.15) is 0 Å². The van der Waals surface area contributed by atoms with Gasteiger partial charge in [0.1, 0.15) is 5.75 Å². The average Bonchev–Trinajstić information content (AvgIpc) is 2.69. The van der Waals surface area contributed by atoms with Crippen LogP contribution in [0.15, 0.2) is 42.5 Å². The molecule has 0 aromatic heterocycles. The summed E-state index contributed by atoms with van der Waals surface area (Å²) in [5.74, 6) is 0.00427. The van der Waals surface area contributed by atoms with Gasteiger partial charge >= 0.3 is 0 Å². The van der Waals surface area contributed by atoms with Crippen LogP contribution in [0.5, 0.6) is 5.75 Å². The summed E-state index contributed by atoms with van der Waals surface area (Å²) in [7, 11) is 1.44. The minimum absolute atomic E-state index is 0.119. The number of anilines is 1. The molecule has 8 nitrogen and oxygen atoms in total. The Morgan fingerprint density at radius 1 is 1.22 bits per heavy atom. The number of carbonyl (C=O) groups is 1. The number of ether oxygens (including phenoxy) is 2. The molecular formula is C19H21N3O5. The fourth-order valence-corrected chi connectivity index (χ4v) is 2.88. The molecule has 0 saturated carbocycles. The quantitative estimate of drug-likeness (QED) is 0.620. The molecular weight excluding hydrogens is 350 g/mol. The summed E-state index contributed by atoms with van der Waals surface area (Å²) in [5, 5.41) is 13.6. The lowest BCUT2D eigenvalue weighted by Crippen LogP contribution is -2.35. The van der Waals surface area contributed by atoms with Crippen LogP contribution in [0.25, 0.3) is 0 Å². The Morgan fingerprint density at radius 3 is 2.56 bits per heavy atom. The second kappa shape index (κ2) is 8.61. The summed E-state index contributed by atoms with van der Waals surface area (Å²) >= 11 is 0. The van der Waals surface area contributed by atoms with Gasteiger partial charge in [0.2, 0.25) is 0 Å². The molecule has 1 heterocycles. The molecule has 0 radical (unpaired) electrons. The summed E-state index contributed by atoms with van der Waals surface area (Å²) in [5.41, 5.74) is 1.72. The number of methoxy groups -OCH3 is 1. The maximum atomic E-state index is 12.5. The van der Waals surface area contributed by atoms with Crippen LogP contribution in [0.2, 0.25) is 0 Å². The molecule has 0 bridgehead atoms. The van der Waals surface area contributed by atoms with Gasteiger partial charge in [-0.15, -0.1) is 0 Å². The number of amides is 1. The predicted molar refractivity (Wildman–Crippen MR) is 100 cm³/mol. The van der Waals surface area contributed by atoms with Crippen LogP contribution < -0.4 is 10.1 Å². The van der Waals surface area contributed by atoms with Gasteiger partial charge in [0.05, 0.1) is 30.9 Å². The van der Waals surface area contributed by atoms with Crippen LogP contribution in [0.4, 0.5) is 11.4 Å². The van der Waals surface area contributed by atoms with Crippen molar-refractivity contribution in [3.8, 4) is 5.75 Å². The average molecular weight is 371 g/mol. The second-order valence-electron chi connectivity index (χ2n) is 6.18. The number of nitro benzene ring substituents is 1. The first-order valence-electron chi connectivity index (χ1n) is 8.59. The monoisotopic (exact) mass is 371 g/mol. The van der Waals surface area contributed by atoms with E-state index in [9.17, 15) is 14.9 Å². The molecule has 0 unspecified atom stereocenters. The first kappa shape index (κ1) is 18.8. The van der Waals surface area contributed by atoms with Crippen LogP contribution in [0.3, 0.4) is 0 Å². The molecule has 2 aromatic carbocycles. The van der Waals surface area contributed by atoms with Crippen molar-refractivity contribution in [1.82, 2.24) is 4.90 Å². The van der Waals surface area contributed by atoms with Crippen LogP contribution in [0.1, 0.15) is 15.9 Å². The first-order chi connectivity index (χ1) is 13.1. The van der Waals surface area contributed by atoms with Crippen molar-refractivity contribution in [1.29, 1.82) is 0 Å². The number of hydrogen-bond donors (Lipinski definition) is 1. The van der Waals surface area contributed by atoms with E-state index < -0.39 is 4.92 Å². The molecule has 1 aliphatic heterocycles. The van der Waals surface area contributed by atoms with E-state index in [-0.39, 0.29) is 17.3 Å². The van der Waals surface area contributed by atoms with E-state index in [1.165, 1.54) is 25.3 Å². The summed E-state index contributed by atoms with van der Waals surface area (Å²) < 4.78 is 10.5. The minimum atomic E-state index is -0.518. The third kappa shape index (κ3) is 4.81. The standard InChI is InChI=1S/C19H21N3O5/c1-26-18-7-6-16(22(24)25)12-17(18)20-19(23)15-4-2-14(3-5-15)13-21-8-10-27-11-9-21/h2-7,12H,8-11,13H2,1H3,(H,20,23). The molecule has 8 heteroatoms. The number of morpholine rings is 1. The second-order valence-corrected chi connectivity index (χ2v) is 6.18. The van der Waals surface area contributed by atoms with Crippen molar-refractivity contribution in [2.45, 2.75) is 6.54 Å². The van der Waals surface area contributed by atoms with Crippen LogP contribution in [0, 0.1) is 10.1 Å². The number of nitro groups is 1. The Bertz CT molecular complexity index is 817. The van der Waals surface area contributed by atoms with Crippen molar-refractivity contribution in [2.75, 3.05) is 38.7 Å². The Kier molecular flexibility index (Phi) is 6.00. The highest BCUT2D eigenvalue weighted by Crippen LogP contribution is 2.29. The van der Waals surface area contributed by atoms with E-state index in [1.54, 1.807) is 12.1 Å². The zero-order valence-electron chi connectivity index (χ0n) is 15.0. The Labute approximate surface area is 156 Å². The highest BCUT2D eigenvalue weighted by atomic mass is 16.6. The minimum Gasteiger partial charge on any atom is -0.495 e. The van der Waals surface area contributed by atoms with Crippen molar-refractivity contribution in [2.24, 2.45) is 0 Å². The molecule has 1 fully saturated rings. The fourth-order valence-electron chi connectivity index (χ4n) is 2.88. The molecule has 0 aliphatic carbocycles. The Balaban J connectivity index is 1.69. The number of nitrogens with zero attached hydrogens (tertiary/aromatic N) is 2. The van der Waals surface area contributed by atoms with E-state index in [0.29, 0.717) is 11.3 Å². The van der Waals surface area contributed by atoms with E-state index >= 15 is 0 Å². The summed E-state index contributed by atoms with van der Waals surface area (Å²) in [6.07, 6.45) is 0. The Hall–Kier alpha value is -2.97. The highest BCUT2D eigenvalue weighted by molar-refractivity contribution is 6.05. The van der Waals surface area contributed by atoms with Gasteiger partial charge in [0.25, 0.3) is 11.6 Å². The summed E-state index contributed by atoms with van der Waals surface area (Å²) in [6.45, 7) is 4.09. The van der Waals surface area contributed by atoms with Gasteiger partial charge in [-0.25, -0.2) is 0 Å². The topological polar surface area (TPSA) is 93.9 Å². The van der Waals surface area contributed by atoms with Crippen molar-refractivity contribution >= 4 is 17.3 Å². The molecule has 1 saturated heterocycles. The molecule has 3 rings (SSSR count). The van der Waals surface area contributed by atoms with Gasteiger partial charge in [0.15, 0.2) is 0 Å². The van der Waals surface area contributed by atoms with Crippen LogP contribution >= 0.6 is 0 Å². The van der Waals surface area contributed by atoms with E-state index in [0.717, 1.165) is 38.4 Å². The number of nitrogens with one attached hydrogen (secondary N) is 1. The SMILES string of the molecule is COc1ccc([N+](=O)[O-])cc1NC(=O)c1ccc(CN2CCOCC2)cc1. The van der Waals surface area contributed by atoms with Crippen LogP contribution in [-0.4, -0.2) is 49.1 Å². The zero-order chi connectivity index (χ0) is 19.2. The predicted octanol–water partition coefficient (Wildman–Crippen LogP) is 2.69.